The zero-order valence-electron chi connectivity index (χ0n) is 9.55. The third-order valence-corrected chi connectivity index (χ3v) is 1.52. The molecule has 0 aliphatic heterocycles. The highest BCUT2D eigenvalue weighted by Gasteiger charge is 1.84. The SMILES string of the molecule is C=C/C(=C/C=C(\C)OC)CC.CC. The summed E-state index contributed by atoms with van der Waals surface area (Å²) in [6, 6.07) is 0. The molecule has 0 saturated carbocycles. The van der Waals surface area contributed by atoms with Crippen molar-refractivity contribution in [3.05, 3.63) is 36.1 Å². The molecule has 0 aromatic heterocycles. The van der Waals surface area contributed by atoms with Gasteiger partial charge in [0.05, 0.1) is 12.9 Å². The minimum Gasteiger partial charge on any atom is -0.501 e. The number of allylic oxidation sites excluding steroid dienone is 5. The molecule has 0 amide bonds. The molecule has 0 bridgehead atoms. The third kappa shape index (κ3) is 8.93. The molecule has 0 N–H and O–H groups in total. The maximum Gasteiger partial charge on any atom is 0.0924 e. The van der Waals surface area contributed by atoms with Gasteiger partial charge in [-0.3, -0.25) is 0 Å². The van der Waals surface area contributed by atoms with E-state index in [9.17, 15) is 0 Å². The first-order valence-corrected chi connectivity index (χ1v) is 4.78. The minimum absolute atomic E-state index is 0.915. The Balaban J connectivity index is 0. The summed E-state index contributed by atoms with van der Waals surface area (Å²) >= 11 is 0. The molecule has 0 aliphatic carbocycles. The third-order valence-electron chi connectivity index (χ3n) is 1.52. The maximum atomic E-state index is 4.97. The molecule has 0 spiro atoms. The number of hydrogen-bond acceptors (Lipinski definition) is 1. The van der Waals surface area contributed by atoms with Crippen molar-refractivity contribution in [1.29, 1.82) is 0 Å². The molecule has 1 nitrogen and oxygen atoms in total. The number of rotatable bonds is 4. The summed E-state index contributed by atoms with van der Waals surface area (Å²) in [6.45, 7) is 11.7. The van der Waals surface area contributed by atoms with Crippen LogP contribution < -0.4 is 0 Å². The fraction of sp³-hybridized carbons (Fsp3) is 0.500. The zero-order valence-corrected chi connectivity index (χ0v) is 9.55. The molecule has 0 aromatic rings. The first-order chi connectivity index (χ1) is 6.24. The number of methoxy groups -OCH3 is 1. The summed E-state index contributed by atoms with van der Waals surface area (Å²) in [5, 5.41) is 0. The molecule has 0 aromatic carbocycles. The van der Waals surface area contributed by atoms with Gasteiger partial charge >= 0.3 is 0 Å². The van der Waals surface area contributed by atoms with Gasteiger partial charge in [-0.1, -0.05) is 39.5 Å². The molecule has 0 atom stereocenters. The Morgan fingerprint density at radius 3 is 2.15 bits per heavy atom. The molecular formula is C12H22O. The Bertz CT molecular complexity index is 176. The highest BCUT2D eigenvalue weighted by Crippen LogP contribution is 2.03. The normalized spacial score (nSPS) is 11.5. The number of ether oxygens (including phenoxy) is 1. The van der Waals surface area contributed by atoms with Crippen LogP contribution in [0.15, 0.2) is 36.1 Å². The van der Waals surface area contributed by atoms with Gasteiger partial charge in [-0.15, -0.1) is 0 Å². The summed E-state index contributed by atoms with van der Waals surface area (Å²) in [7, 11) is 1.67. The molecule has 0 saturated heterocycles. The van der Waals surface area contributed by atoms with Gasteiger partial charge < -0.3 is 4.74 Å². The van der Waals surface area contributed by atoms with Crippen LogP contribution >= 0.6 is 0 Å². The van der Waals surface area contributed by atoms with Crippen LogP contribution in [0.25, 0.3) is 0 Å². The van der Waals surface area contributed by atoms with Gasteiger partial charge in [-0.25, -0.2) is 0 Å². The highest BCUT2D eigenvalue weighted by atomic mass is 16.5. The van der Waals surface area contributed by atoms with Gasteiger partial charge in [-0.05, 0) is 25.0 Å². The van der Waals surface area contributed by atoms with E-state index in [0.29, 0.717) is 0 Å². The van der Waals surface area contributed by atoms with Gasteiger partial charge in [0.1, 0.15) is 0 Å². The summed E-state index contributed by atoms with van der Waals surface area (Å²) in [6.07, 6.45) is 6.84. The summed E-state index contributed by atoms with van der Waals surface area (Å²) < 4.78 is 4.97. The van der Waals surface area contributed by atoms with Crippen molar-refractivity contribution in [1.82, 2.24) is 0 Å². The van der Waals surface area contributed by atoms with Crippen molar-refractivity contribution in [2.45, 2.75) is 34.1 Å². The first kappa shape index (κ1) is 14.5. The fourth-order valence-corrected chi connectivity index (χ4v) is 0.623. The van der Waals surface area contributed by atoms with Crippen LogP contribution in [-0.2, 0) is 4.74 Å². The molecule has 0 radical (unpaired) electrons. The van der Waals surface area contributed by atoms with Gasteiger partial charge in [0.15, 0.2) is 0 Å². The van der Waals surface area contributed by atoms with E-state index in [4.69, 9.17) is 4.74 Å². The van der Waals surface area contributed by atoms with Gasteiger partial charge in [-0.2, -0.15) is 0 Å². The van der Waals surface area contributed by atoms with Gasteiger partial charge in [0.25, 0.3) is 0 Å². The fourth-order valence-electron chi connectivity index (χ4n) is 0.623. The molecule has 0 heterocycles. The lowest BCUT2D eigenvalue weighted by molar-refractivity contribution is 0.294. The van der Waals surface area contributed by atoms with Crippen LogP contribution in [0, 0.1) is 0 Å². The van der Waals surface area contributed by atoms with Crippen LogP contribution in [0.1, 0.15) is 34.1 Å². The standard InChI is InChI=1S/C10H16O.C2H6/c1-5-10(6-2)8-7-9(3)11-4;1-2/h5,7-8H,1,6H2,2-4H3;1-2H3/b9-7+,10-8-;. The lowest BCUT2D eigenvalue weighted by Gasteiger charge is -1.96. The van der Waals surface area contributed by atoms with E-state index in [2.05, 4.69) is 13.5 Å². The average molecular weight is 182 g/mol. The second-order valence-electron chi connectivity index (χ2n) is 2.28. The monoisotopic (exact) mass is 182 g/mol. The van der Waals surface area contributed by atoms with Crippen LogP contribution in [-0.4, -0.2) is 7.11 Å². The van der Waals surface area contributed by atoms with E-state index in [1.54, 1.807) is 7.11 Å². The predicted octanol–water partition coefficient (Wildman–Crippen LogP) is 4.09. The summed E-state index contributed by atoms with van der Waals surface area (Å²) in [4.78, 5) is 0. The van der Waals surface area contributed by atoms with Crippen molar-refractivity contribution in [2.24, 2.45) is 0 Å². The van der Waals surface area contributed by atoms with E-state index in [1.807, 2.05) is 39.0 Å². The lowest BCUT2D eigenvalue weighted by Crippen LogP contribution is -1.78. The van der Waals surface area contributed by atoms with Gasteiger partial charge in [0.2, 0.25) is 0 Å². The van der Waals surface area contributed by atoms with Crippen molar-refractivity contribution in [3.63, 3.8) is 0 Å². The first-order valence-electron chi connectivity index (χ1n) is 4.78. The van der Waals surface area contributed by atoms with Crippen molar-refractivity contribution >= 4 is 0 Å². The molecule has 0 aliphatic rings. The molecule has 0 fully saturated rings. The highest BCUT2D eigenvalue weighted by molar-refractivity contribution is 5.22. The largest absolute Gasteiger partial charge is 0.501 e. The Morgan fingerprint density at radius 2 is 1.85 bits per heavy atom. The summed E-state index contributed by atoms with van der Waals surface area (Å²) in [5.41, 5.74) is 1.22. The van der Waals surface area contributed by atoms with Gasteiger partial charge in [0, 0.05) is 0 Å². The van der Waals surface area contributed by atoms with E-state index in [-0.39, 0.29) is 0 Å². The lowest BCUT2D eigenvalue weighted by atomic mass is 10.2. The van der Waals surface area contributed by atoms with E-state index in [1.165, 1.54) is 5.57 Å². The molecular weight excluding hydrogens is 160 g/mol. The summed E-state index contributed by atoms with van der Waals surface area (Å²) in [5.74, 6) is 0.915. The molecule has 0 rings (SSSR count). The van der Waals surface area contributed by atoms with Crippen LogP contribution in [0.2, 0.25) is 0 Å². The molecule has 0 unspecified atom stereocenters. The quantitative estimate of drug-likeness (QED) is 0.470. The van der Waals surface area contributed by atoms with E-state index < -0.39 is 0 Å². The molecule has 1 heteroatoms. The van der Waals surface area contributed by atoms with Crippen LogP contribution in [0.4, 0.5) is 0 Å². The Labute approximate surface area is 82.8 Å². The second kappa shape index (κ2) is 11.0. The van der Waals surface area contributed by atoms with Crippen molar-refractivity contribution in [2.75, 3.05) is 7.11 Å². The van der Waals surface area contributed by atoms with Crippen LogP contribution in [0.3, 0.4) is 0 Å². The predicted molar refractivity (Wildman–Crippen MR) is 60.7 cm³/mol. The van der Waals surface area contributed by atoms with Crippen molar-refractivity contribution in [3.8, 4) is 0 Å². The second-order valence-corrected chi connectivity index (χ2v) is 2.28. The Kier molecular flexibility index (Phi) is 12.3. The van der Waals surface area contributed by atoms with E-state index in [0.717, 1.165) is 12.2 Å². The zero-order chi connectivity index (χ0) is 10.7. The Hall–Kier alpha value is -0.980. The van der Waals surface area contributed by atoms with E-state index >= 15 is 0 Å². The molecule has 13 heavy (non-hydrogen) atoms. The minimum atomic E-state index is 0.915. The molecule has 76 valence electrons. The number of hydrogen-bond donors (Lipinski definition) is 0. The topological polar surface area (TPSA) is 9.23 Å². The smallest absolute Gasteiger partial charge is 0.0924 e. The maximum absolute atomic E-state index is 4.97. The Morgan fingerprint density at radius 1 is 1.31 bits per heavy atom. The van der Waals surface area contributed by atoms with Crippen LogP contribution in [0.5, 0.6) is 0 Å². The average Bonchev–Trinajstić information content (AvgIpc) is 2.22. The van der Waals surface area contributed by atoms with Crippen molar-refractivity contribution < 1.29 is 4.74 Å².